The van der Waals surface area contributed by atoms with E-state index in [9.17, 15) is 4.79 Å². The zero-order valence-electron chi connectivity index (χ0n) is 14.4. The summed E-state index contributed by atoms with van der Waals surface area (Å²) in [5.74, 6) is 0.344. The van der Waals surface area contributed by atoms with Gasteiger partial charge in [0.1, 0.15) is 6.61 Å². The quantitative estimate of drug-likeness (QED) is 0.445. The van der Waals surface area contributed by atoms with Crippen LogP contribution < -0.4 is 0 Å². The number of carbonyl (C=O) groups excluding carboxylic acids is 1. The lowest BCUT2D eigenvalue weighted by Crippen LogP contribution is -2.05. The van der Waals surface area contributed by atoms with Gasteiger partial charge in [-0.15, -0.1) is 0 Å². The molecule has 0 aromatic heterocycles. The van der Waals surface area contributed by atoms with Crippen LogP contribution in [-0.2, 0) is 17.1 Å². The summed E-state index contributed by atoms with van der Waals surface area (Å²) in [5, 5.41) is 0. The van der Waals surface area contributed by atoms with Crippen LogP contribution in [0, 0.1) is 0 Å². The van der Waals surface area contributed by atoms with Crippen molar-refractivity contribution in [1.29, 1.82) is 0 Å². The Balaban J connectivity index is 1.67. The van der Waals surface area contributed by atoms with Crippen molar-refractivity contribution in [2.45, 2.75) is 12.4 Å². The van der Waals surface area contributed by atoms with Crippen molar-refractivity contribution in [1.82, 2.24) is 0 Å². The van der Waals surface area contributed by atoms with E-state index < -0.39 is 0 Å². The second-order valence-electron chi connectivity index (χ2n) is 5.91. The molecule has 0 unspecified atom stereocenters. The van der Waals surface area contributed by atoms with Crippen molar-refractivity contribution in [2.75, 3.05) is 0 Å². The van der Waals surface area contributed by atoms with Crippen LogP contribution in [-0.4, -0.2) is 5.97 Å². The normalized spacial score (nSPS) is 10.3. The maximum absolute atomic E-state index is 12.3. The molecule has 3 aromatic rings. The average Bonchev–Trinajstić information content (AvgIpc) is 2.72. The van der Waals surface area contributed by atoms with Gasteiger partial charge < -0.3 is 4.74 Å². The Hall–Kier alpha value is -2.78. The Bertz CT molecular complexity index is 896. The Morgan fingerprint density at radius 3 is 2.31 bits per heavy atom. The molecule has 0 bridgehead atoms. The highest BCUT2D eigenvalue weighted by Crippen LogP contribution is 2.25. The summed E-state index contributed by atoms with van der Waals surface area (Å²) >= 11 is 4.38. The number of rotatable bonds is 6. The molecule has 0 atom stereocenters. The molecule has 0 saturated carbocycles. The van der Waals surface area contributed by atoms with E-state index in [0.29, 0.717) is 11.3 Å². The predicted molar refractivity (Wildman–Crippen MR) is 110 cm³/mol. The minimum atomic E-state index is -0.327. The topological polar surface area (TPSA) is 26.3 Å². The minimum absolute atomic E-state index is 0.250. The SMILES string of the molecule is C=Cc1ccc(COC(=O)c2ccc(-c3ccccc3CS)cc2)cc1. The number of carbonyl (C=O) groups is 1. The molecule has 0 aliphatic carbocycles. The predicted octanol–water partition coefficient (Wildman–Crippen LogP) is 5.78. The van der Waals surface area contributed by atoms with Gasteiger partial charge in [0.2, 0.25) is 0 Å². The maximum Gasteiger partial charge on any atom is 0.338 e. The molecule has 2 nitrogen and oxygen atoms in total. The Kier molecular flexibility index (Phi) is 5.92. The van der Waals surface area contributed by atoms with E-state index in [0.717, 1.165) is 27.8 Å². The first-order valence-corrected chi connectivity index (χ1v) is 9.02. The molecule has 0 aliphatic heterocycles. The van der Waals surface area contributed by atoms with Gasteiger partial charge in [0.15, 0.2) is 0 Å². The van der Waals surface area contributed by atoms with Crippen LogP contribution in [0.3, 0.4) is 0 Å². The van der Waals surface area contributed by atoms with Crippen LogP contribution in [0.1, 0.15) is 27.0 Å². The molecule has 26 heavy (non-hydrogen) atoms. The van der Waals surface area contributed by atoms with Crippen molar-refractivity contribution in [2.24, 2.45) is 0 Å². The number of thiol groups is 1. The Morgan fingerprint density at radius 1 is 0.962 bits per heavy atom. The maximum atomic E-state index is 12.3. The summed E-state index contributed by atoms with van der Waals surface area (Å²) in [4.78, 5) is 12.3. The Labute approximate surface area is 159 Å². The molecule has 130 valence electrons. The largest absolute Gasteiger partial charge is 0.457 e. The third-order valence-corrected chi connectivity index (χ3v) is 4.55. The van der Waals surface area contributed by atoms with Crippen LogP contribution in [0.25, 0.3) is 17.2 Å². The Morgan fingerprint density at radius 2 is 1.65 bits per heavy atom. The fourth-order valence-corrected chi connectivity index (χ4v) is 2.98. The highest BCUT2D eigenvalue weighted by Gasteiger charge is 2.09. The molecule has 0 N–H and O–H groups in total. The first kappa shape index (κ1) is 18.0. The van der Waals surface area contributed by atoms with Crippen molar-refractivity contribution in [3.8, 4) is 11.1 Å². The van der Waals surface area contributed by atoms with Gasteiger partial charge >= 0.3 is 5.97 Å². The molecule has 3 aromatic carbocycles. The van der Waals surface area contributed by atoms with Crippen LogP contribution in [0.2, 0.25) is 0 Å². The lowest BCUT2D eigenvalue weighted by Gasteiger charge is -2.09. The van der Waals surface area contributed by atoms with Crippen LogP contribution >= 0.6 is 12.6 Å². The number of esters is 1. The molecule has 0 amide bonds. The van der Waals surface area contributed by atoms with E-state index in [-0.39, 0.29) is 12.6 Å². The van der Waals surface area contributed by atoms with Crippen molar-refractivity contribution in [3.05, 3.63) is 102 Å². The lowest BCUT2D eigenvalue weighted by atomic mass is 9.99. The van der Waals surface area contributed by atoms with E-state index in [2.05, 4.69) is 31.3 Å². The van der Waals surface area contributed by atoms with Gasteiger partial charge in [-0.25, -0.2) is 4.79 Å². The lowest BCUT2D eigenvalue weighted by molar-refractivity contribution is 0.0473. The monoisotopic (exact) mass is 360 g/mol. The molecule has 0 aliphatic rings. The van der Waals surface area contributed by atoms with Gasteiger partial charge in [0.25, 0.3) is 0 Å². The van der Waals surface area contributed by atoms with E-state index in [1.165, 1.54) is 0 Å². The highest BCUT2D eigenvalue weighted by molar-refractivity contribution is 7.79. The highest BCUT2D eigenvalue weighted by atomic mass is 32.1. The van der Waals surface area contributed by atoms with Crippen molar-refractivity contribution >= 4 is 24.7 Å². The van der Waals surface area contributed by atoms with E-state index in [1.54, 1.807) is 18.2 Å². The van der Waals surface area contributed by atoms with E-state index in [1.807, 2.05) is 48.5 Å². The van der Waals surface area contributed by atoms with Gasteiger partial charge in [0, 0.05) is 5.75 Å². The summed E-state index contributed by atoms with van der Waals surface area (Å²) in [6.45, 7) is 3.98. The van der Waals surface area contributed by atoms with Gasteiger partial charge in [-0.3, -0.25) is 0 Å². The van der Waals surface area contributed by atoms with Crippen LogP contribution in [0.5, 0.6) is 0 Å². The summed E-state index contributed by atoms with van der Waals surface area (Å²) in [7, 11) is 0. The fourth-order valence-electron chi connectivity index (χ4n) is 2.71. The second kappa shape index (κ2) is 8.54. The standard InChI is InChI=1S/C23H20O2S/c1-2-17-7-9-18(10-8-17)15-25-23(24)20-13-11-19(12-14-20)22-6-4-3-5-21(22)16-26/h2-14,26H,1,15-16H2. The molecule has 0 fully saturated rings. The third kappa shape index (κ3) is 4.24. The molecular weight excluding hydrogens is 340 g/mol. The number of hydrogen-bond acceptors (Lipinski definition) is 3. The van der Waals surface area contributed by atoms with E-state index in [4.69, 9.17) is 4.74 Å². The third-order valence-electron chi connectivity index (χ3n) is 4.20. The van der Waals surface area contributed by atoms with Crippen molar-refractivity contribution in [3.63, 3.8) is 0 Å². The first-order valence-electron chi connectivity index (χ1n) is 8.39. The molecule has 3 heteroatoms. The smallest absolute Gasteiger partial charge is 0.338 e. The van der Waals surface area contributed by atoms with Gasteiger partial charge in [-0.05, 0) is 39.9 Å². The molecule has 0 heterocycles. The average molecular weight is 360 g/mol. The molecule has 3 rings (SSSR count). The van der Waals surface area contributed by atoms with Gasteiger partial charge in [-0.2, -0.15) is 12.6 Å². The van der Waals surface area contributed by atoms with Crippen molar-refractivity contribution < 1.29 is 9.53 Å². The number of benzene rings is 3. The zero-order chi connectivity index (χ0) is 18.4. The molecule has 0 spiro atoms. The van der Waals surface area contributed by atoms with E-state index >= 15 is 0 Å². The van der Waals surface area contributed by atoms with Crippen LogP contribution in [0.4, 0.5) is 0 Å². The molecule has 0 saturated heterocycles. The van der Waals surface area contributed by atoms with Gasteiger partial charge in [0.05, 0.1) is 5.56 Å². The number of ether oxygens (including phenoxy) is 1. The summed E-state index contributed by atoms with van der Waals surface area (Å²) in [5.41, 5.74) is 5.88. The minimum Gasteiger partial charge on any atom is -0.457 e. The number of hydrogen-bond donors (Lipinski definition) is 1. The summed E-state index contributed by atoms with van der Waals surface area (Å²) < 4.78 is 5.40. The zero-order valence-corrected chi connectivity index (χ0v) is 15.3. The van der Waals surface area contributed by atoms with Crippen LogP contribution in [0.15, 0.2) is 79.4 Å². The molecule has 0 radical (unpaired) electrons. The molecular formula is C23H20O2S. The van der Waals surface area contributed by atoms with Gasteiger partial charge in [-0.1, -0.05) is 73.3 Å². The summed E-state index contributed by atoms with van der Waals surface area (Å²) in [6.07, 6.45) is 1.78. The second-order valence-corrected chi connectivity index (χ2v) is 6.23. The summed E-state index contributed by atoms with van der Waals surface area (Å²) in [6, 6.07) is 23.4. The fraction of sp³-hybridized carbons (Fsp3) is 0.0870. The first-order chi connectivity index (χ1) is 12.7.